The first kappa shape index (κ1) is 9.65. The summed E-state index contributed by atoms with van der Waals surface area (Å²) in [6.07, 6.45) is 0.337. The molecule has 3 nitrogen and oxygen atoms in total. The van der Waals surface area contributed by atoms with Crippen LogP contribution in [-0.2, 0) is 4.79 Å². The van der Waals surface area contributed by atoms with Crippen molar-refractivity contribution in [2.75, 3.05) is 0 Å². The van der Waals surface area contributed by atoms with Crippen molar-refractivity contribution < 1.29 is 9.59 Å². The van der Waals surface area contributed by atoms with Gasteiger partial charge in [0.2, 0.25) is 5.78 Å². The summed E-state index contributed by atoms with van der Waals surface area (Å²) >= 11 is 0. The summed E-state index contributed by atoms with van der Waals surface area (Å²) in [4.78, 5) is 24.7. The number of benzene rings is 1. The van der Waals surface area contributed by atoms with Gasteiger partial charge in [0.25, 0.3) is 0 Å². The number of Topliss-reactive ketones (excluding diaryl/α,β-unsaturated/α-hetero) is 1. The Morgan fingerprint density at radius 3 is 2.73 bits per heavy atom. The molecule has 15 heavy (non-hydrogen) atoms. The van der Waals surface area contributed by atoms with Crippen LogP contribution in [0, 0.1) is 13.8 Å². The van der Waals surface area contributed by atoms with E-state index in [9.17, 15) is 9.59 Å². The molecule has 0 unspecified atom stereocenters. The molecule has 2 aromatic rings. The Morgan fingerprint density at radius 1 is 1.33 bits per heavy atom. The highest BCUT2D eigenvalue weighted by atomic mass is 16.2. The molecule has 0 radical (unpaired) electrons. The van der Waals surface area contributed by atoms with Crippen LogP contribution >= 0.6 is 0 Å². The number of aromatic nitrogens is 1. The van der Waals surface area contributed by atoms with Gasteiger partial charge in [-0.25, -0.2) is 0 Å². The van der Waals surface area contributed by atoms with Crippen LogP contribution in [0.2, 0.25) is 0 Å². The average molecular weight is 201 g/mol. The maximum absolute atomic E-state index is 11.2. The summed E-state index contributed by atoms with van der Waals surface area (Å²) in [6.45, 7) is 4.01. The Bertz CT molecular complexity index is 552. The number of aromatic amines is 1. The lowest BCUT2D eigenvalue weighted by atomic mass is 10.1. The molecule has 0 aliphatic carbocycles. The lowest BCUT2D eigenvalue weighted by Gasteiger charge is -1.95. The van der Waals surface area contributed by atoms with E-state index in [4.69, 9.17) is 0 Å². The minimum Gasteiger partial charge on any atom is -0.358 e. The van der Waals surface area contributed by atoms with Gasteiger partial charge in [0.05, 0.1) is 0 Å². The molecule has 1 heterocycles. The van der Waals surface area contributed by atoms with Gasteiger partial charge in [0.15, 0.2) is 6.29 Å². The Morgan fingerprint density at radius 2 is 2.07 bits per heavy atom. The van der Waals surface area contributed by atoms with E-state index in [1.807, 2.05) is 19.9 Å². The standard InChI is InChI=1S/C12H11NO2/c1-7-8(2)13-11-5-9(12(15)6-14)3-4-10(7)11/h3-6,13H,1-2H3. The number of hydrogen-bond acceptors (Lipinski definition) is 2. The van der Waals surface area contributed by atoms with E-state index in [1.165, 1.54) is 5.56 Å². The maximum Gasteiger partial charge on any atom is 0.225 e. The van der Waals surface area contributed by atoms with E-state index >= 15 is 0 Å². The van der Waals surface area contributed by atoms with Crippen LogP contribution < -0.4 is 0 Å². The third kappa shape index (κ3) is 1.46. The van der Waals surface area contributed by atoms with Crippen LogP contribution in [0.15, 0.2) is 18.2 Å². The molecule has 0 atom stereocenters. The molecular formula is C12H11NO2. The summed E-state index contributed by atoms with van der Waals surface area (Å²) < 4.78 is 0. The molecule has 3 heteroatoms. The van der Waals surface area contributed by atoms with Crippen molar-refractivity contribution in [3.05, 3.63) is 35.0 Å². The molecule has 0 bridgehead atoms. The second-order valence-corrected chi connectivity index (χ2v) is 3.62. The molecular weight excluding hydrogens is 190 g/mol. The Hall–Kier alpha value is -1.90. The van der Waals surface area contributed by atoms with Gasteiger partial charge < -0.3 is 4.98 Å². The van der Waals surface area contributed by atoms with Crippen LogP contribution in [0.25, 0.3) is 10.9 Å². The zero-order valence-electron chi connectivity index (χ0n) is 8.63. The minimum atomic E-state index is -0.484. The first-order valence-electron chi connectivity index (χ1n) is 4.72. The van der Waals surface area contributed by atoms with Gasteiger partial charge in [-0.3, -0.25) is 9.59 Å². The number of rotatable bonds is 2. The monoisotopic (exact) mass is 201 g/mol. The summed E-state index contributed by atoms with van der Waals surface area (Å²) in [6, 6.07) is 5.26. The fraction of sp³-hybridized carbons (Fsp3) is 0.167. The number of aldehydes is 1. The Labute approximate surface area is 87.1 Å². The van der Waals surface area contributed by atoms with Crippen LogP contribution in [0.5, 0.6) is 0 Å². The fourth-order valence-corrected chi connectivity index (χ4v) is 1.69. The first-order valence-corrected chi connectivity index (χ1v) is 4.72. The molecule has 76 valence electrons. The predicted octanol–water partition coefficient (Wildman–Crippen LogP) is 2.17. The van der Waals surface area contributed by atoms with Gasteiger partial charge in [0.1, 0.15) is 0 Å². The second kappa shape index (κ2) is 3.35. The van der Waals surface area contributed by atoms with Crippen molar-refractivity contribution in [2.24, 2.45) is 0 Å². The third-order valence-corrected chi connectivity index (χ3v) is 2.70. The van der Waals surface area contributed by atoms with E-state index in [0.717, 1.165) is 16.6 Å². The van der Waals surface area contributed by atoms with Crippen molar-refractivity contribution in [2.45, 2.75) is 13.8 Å². The number of nitrogens with one attached hydrogen (secondary N) is 1. The van der Waals surface area contributed by atoms with Gasteiger partial charge in [0, 0.05) is 22.2 Å². The van der Waals surface area contributed by atoms with Crippen molar-refractivity contribution in [1.82, 2.24) is 4.98 Å². The molecule has 0 amide bonds. The van der Waals surface area contributed by atoms with Gasteiger partial charge in [-0.2, -0.15) is 0 Å². The number of fused-ring (bicyclic) bond motifs is 1. The number of H-pyrrole nitrogens is 1. The molecule has 0 aliphatic rings. The minimum absolute atomic E-state index is 0.337. The molecule has 0 saturated carbocycles. The normalized spacial score (nSPS) is 10.5. The summed E-state index contributed by atoms with van der Waals surface area (Å²) in [7, 11) is 0. The zero-order valence-corrected chi connectivity index (χ0v) is 8.63. The van der Waals surface area contributed by atoms with E-state index in [-0.39, 0.29) is 0 Å². The maximum atomic E-state index is 11.2. The molecule has 1 N–H and O–H groups in total. The number of aryl methyl sites for hydroxylation is 2. The van der Waals surface area contributed by atoms with Crippen molar-refractivity contribution >= 4 is 23.0 Å². The Kier molecular flexibility index (Phi) is 2.15. The fourth-order valence-electron chi connectivity index (χ4n) is 1.69. The molecule has 0 spiro atoms. The molecule has 0 aliphatic heterocycles. The lowest BCUT2D eigenvalue weighted by molar-refractivity contribution is -0.104. The number of hydrogen-bond donors (Lipinski definition) is 1. The van der Waals surface area contributed by atoms with Gasteiger partial charge in [-0.1, -0.05) is 12.1 Å². The largest absolute Gasteiger partial charge is 0.358 e. The van der Waals surface area contributed by atoms with Crippen LogP contribution in [0.1, 0.15) is 21.6 Å². The molecule has 1 aromatic carbocycles. The highest BCUT2D eigenvalue weighted by Gasteiger charge is 2.08. The molecule has 0 saturated heterocycles. The lowest BCUT2D eigenvalue weighted by Crippen LogP contribution is -1.98. The number of carbonyl (C=O) groups is 2. The highest BCUT2D eigenvalue weighted by molar-refractivity contribution is 6.33. The van der Waals surface area contributed by atoms with Gasteiger partial charge in [-0.15, -0.1) is 0 Å². The number of carbonyl (C=O) groups excluding carboxylic acids is 2. The van der Waals surface area contributed by atoms with E-state index in [1.54, 1.807) is 12.1 Å². The Balaban J connectivity index is 2.66. The van der Waals surface area contributed by atoms with Crippen LogP contribution in [0.3, 0.4) is 0 Å². The quantitative estimate of drug-likeness (QED) is 0.460. The van der Waals surface area contributed by atoms with Gasteiger partial charge in [-0.05, 0) is 25.5 Å². The number of ketones is 1. The second-order valence-electron chi connectivity index (χ2n) is 3.62. The summed E-state index contributed by atoms with van der Waals surface area (Å²) in [5.74, 6) is -0.484. The van der Waals surface area contributed by atoms with E-state index < -0.39 is 5.78 Å². The first-order chi connectivity index (χ1) is 7.13. The van der Waals surface area contributed by atoms with E-state index in [2.05, 4.69) is 4.98 Å². The molecule has 0 fully saturated rings. The van der Waals surface area contributed by atoms with Crippen molar-refractivity contribution in [1.29, 1.82) is 0 Å². The zero-order chi connectivity index (χ0) is 11.0. The average Bonchev–Trinajstić information content (AvgIpc) is 2.53. The predicted molar refractivity (Wildman–Crippen MR) is 58.2 cm³/mol. The van der Waals surface area contributed by atoms with Crippen molar-refractivity contribution in [3.8, 4) is 0 Å². The van der Waals surface area contributed by atoms with E-state index in [0.29, 0.717) is 11.8 Å². The molecule has 1 aromatic heterocycles. The van der Waals surface area contributed by atoms with Crippen molar-refractivity contribution in [3.63, 3.8) is 0 Å². The smallest absolute Gasteiger partial charge is 0.225 e. The summed E-state index contributed by atoms with van der Waals surface area (Å²) in [5.41, 5.74) is 3.59. The van der Waals surface area contributed by atoms with Crippen LogP contribution in [0.4, 0.5) is 0 Å². The third-order valence-electron chi connectivity index (χ3n) is 2.70. The summed E-state index contributed by atoms with van der Waals surface area (Å²) in [5, 5.41) is 1.09. The highest BCUT2D eigenvalue weighted by Crippen LogP contribution is 2.22. The van der Waals surface area contributed by atoms with Crippen LogP contribution in [-0.4, -0.2) is 17.1 Å². The topological polar surface area (TPSA) is 49.9 Å². The SMILES string of the molecule is Cc1[nH]c2cc(C(=O)C=O)ccc2c1C. The molecule has 2 rings (SSSR count). The van der Waals surface area contributed by atoms with Gasteiger partial charge >= 0.3 is 0 Å².